The fourth-order valence-corrected chi connectivity index (χ4v) is 6.53. The van der Waals surface area contributed by atoms with Crippen LogP contribution in [-0.4, -0.2) is 41.6 Å². The average Bonchev–Trinajstić information content (AvgIpc) is 3.39. The summed E-state index contributed by atoms with van der Waals surface area (Å²) in [4.78, 5) is 26.9. The number of phenolic OH excluding ortho intramolecular Hbond substituents is 1. The summed E-state index contributed by atoms with van der Waals surface area (Å²) < 4.78 is 6.32. The van der Waals surface area contributed by atoms with E-state index in [2.05, 4.69) is 26.0 Å². The number of amides is 2. The fraction of sp³-hybridized carbons (Fsp3) is 0.467. The molecule has 1 aliphatic carbocycles. The number of allylic oxidation sites excluding steroid dienone is 2. The lowest BCUT2D eigenvalue weighted by atomic mass is 9.69. The first kappa shape index (κ1) is 23.8. The summed E-state index contributed by atoms with van der Waals surface area (Å²) in [6, 6.07) is 11.7. The van der Waals surface area contributed by atoms with Crippen molar-refractivity contribution in [2.75, 3.05) is 13.7 Å². The minimum absolute atomic E-state index is 0.0153. The molecule has 4 atom stereocenters. The highest BCUT2D eigenvalue weighted by Gasteiger charge is 2.55. The second-order valence-corrected chi connectivity index (χ2v) is 10.2. The number of ether oxygens (including phenoxy) is 1. The van der Waals surface area contributed by atoms with Crippen molar-refractivity contribution in [3.05, 3.63) is 58.7 Å². The van der Waals surface area contributed by atoms with Crippen molar-refractivity contribution in [2.24, 2.45) is 17.8 Å². The highest BCUT2D eigenvalue weighted by atomic mass is 16.5. The van der Waals surface area contributed by atoms with Crippen molar-refractivity contribution in [1.82, 2.24) is 4.90 Å². The molecule has 3 aliphatic rings. The average molecular weight is 474 g/mol. The van der Waals surface area contributed by atoms with E-state index >= 15 is 0 Å². The van der Waals surface area contributed by atoms with Gasteiger partial charge in [-0.05, 0) is 54.7 Å². The summed E-state index contributed by atoms with van der Waals surface area (Å²) in [7, 11) is 1.62. The number of likely N-dealkylation sites (tertiary alicyclic amines) is 1. The van der Waals surface area contributed by atoms with E-state index in [0.717, 1.165) is 48.4 Å². The van der Waals surface area contributed by atoms with Crippen LogP contribution in [-0.2, 0) is 14.3 Å². The molecule has 2 aliphatic heterocycles. The Kier molecular flexibility index (Phi) is 6.54. The Morgan fingerprint density at radius 1 is 1.06 bits per heavy atom. The number of phenols is 1. The number of hydrogen-bond donors (Lipinski definition) is 1. The molecule has 0 bridgehead atoms. The number of benzene rings is 2. The van der Waals surface area contributed by atoms with Gasteiger partial charge in [0.05, 0.1) is 24.5 Å². The van der Waals surface area contributed by atoms with E-state index in [9.17, 15) is 14.7 Å². The molecule has 0 saturated carbocycles. The second-order valence-electron chi connectivity index (χ2n) is 10.2. The van der Waals surface area contributed by atoms with E-state index in [1.165, 1.54) is 21.6 Å². The van der Waals surface area contributed by atoms with Crippen LogP contribution < -0.4 is 0 Å². The van der Waals surface area contributed by atoms with Crippen LogP contribution in [0.25, 0.3) is 16.8 Å². The Morgan fingerprint density at radius 2 is 1.83 bits per heavy atom. The van der Waals surface area contributed by atoms with Gasteiger partial charge in [-0.25, -0.2) is 0 Å². The van der Waals surface area contributed by atoms with Crippen LogP contribution in [0.2, 0.25) is 0 Å². The molecule has 2 heterocycles. The predicted octanol–water partition coefficient (Wildman–Crippen LogP) is 5.87. The van der Waals surface area contributed by atoms with Crippen molar-refractivity contribution in [3.63, 3.8) is 0 Å². The Bertz CT molecular complexity index is 1230. The quantitative estimate of drug-likeness (QED) is 0.404. The van der Waals surface area contributed by atoms with Gasteiger partial charge in [-0.1, -0.05) is 67.8 Å². The van der Waals surface area contributed by atoms with E-state index in [1.807, 2.05) is 24.3 Å². The topological polar surface area (TPSA) is 66.8 Å². The predicted molar refractivity (Wildman–Crippen MR) is 138 cm³/mol. The van der Waals surface area contributed by atoms with E-state index in [0.29, 0.717) is 18.8 Å². The molecule has 0 radical (unpaired) electrons. The summed E-state index contributed by atoms with van der Waals surface area (Å²) in [5.41, 5.74) is 5.12. The fourth-order valence-electron chi connectivity index (χ4n) is 6.53. The van der Waals surface area contributed by atoms with Crippen LogP contribution in [0.15, 0.2) is 53.1 Å². The van der Waals surface area contributed by atoms with Gasteiger partial charge in [0.2, 0.25) is 11.8 Å². The molecule has 0 unspecified atom stereocenters. The summed E-state index contributed by atoms with van der Waals surface area (Å²) in [5, 5.41) is 12.2. The first-order chi connectivity index (χ1) is 16.9. The number of carbonyl (C=O) groups excluding carboxylic acids is 2. The maximum atomic E-state index is 12.9. The second kappa shape index (κ2) is 9.62. The number of nitrogens with zero attached hydrogens (tertiary/aromatic N) is 1. The number of carbonyl (C=O) groups is 2. The van der Waals surface area contributed by atoms with Crippen LogP contribution in [0.4, 0.5) is 0 Å². The van der Waals surface area contributed by atoms with Crippen molar-refractivity contribution >= 4 is 28.7 Å². The van der Waals surface area contributed by atoms with Gasteiger partial charge in [0.25, 0.3) is 0 Å². The molecular weight excluding hydrogens is 438 g/mol. The van der Waals surface area contributed by atoms with Gasteiger partial charge in [-0.3, -0.25) is 14.5 Å². The molecule has 2 amide bonds. The Hall–Kier alpha value is -2.92. The minimum atomic E-state index is -0.253. The lowest BCUT2D eigenvalue weighted by molar-refractivity contribution is -0.138. The van der Waals surface area contributed by atoms with Crippen LogP contribution in [0, 0.1) is 17.8 Å². The zero-order chi connectivity index (χ0) is 24.7. The molecule has 1 N–H and O–H groups in total. The molecule has 184 valence electrons. The lowest BCUT2D eigenvalue weighted by Crippen LogP contribution is -2.33. The van der Waals surface area contributed by atoms with Gasteiger partial charge >= 0.3 is 0 Å². The number of hydrogen-bond acceptors (Lipinski definition) is 4. The standard InChI is InChI=1S/C30H35NO4/c1-4-8-18(15-20-12-13-25(32)22-10-7-6-9-21(20)22)11-14-26-27-19(5-2)16-23-28(24(27)17-35-26)30(34)31(3)29(23)33/h6-7,9-10,12-13,15,23-24,26,28,32H,4-5,8,11,14,16-17H2,1-3H3/b18-15+/t23-,24+,26-,28-/m1/s1. The zero-order valence-electron chi connectivity index (χ0n) is 20.9. The molecule has 5 rings (SSSR count). The normalized spacial score (nSPS) is 26.6. The van der Waals surface area contributed by atoms with E-state index in [4.69, 9.17) is 4.74 Å². The van der Waals surface area contributed by atoms with Gasteiger partial charge in [-0.2, -0.15) is 0 Å². The molecule has 2 aromatic rings. The third-order valence-corrected chi connectivity index (χ3v) is 8.25. The van der Waals surface area contributed by atoms with Gasteiger partial charge < -0.3 is 9.84 Å². The third-order valence-electron chi connectivity index (χ3n) is 8.25. The van der Waals surface area contributed by atoms with E-state index < -0.39 is 0 Å². The summed E-state index contributed by atoms with van der Waals surface area (Å²) >= 11 is 0. The molecule has 5 heteroatoms. The summed E-state index contributed by atoms with van der Waals surface area (Å²) in [6.45, 7) is 4.88. The maximum absolute atomic E-state index is 12.9. The van der Waals surface area contributed by atoms with Crippen molar-refractivity contribution in [3.8, 4) is 5.75 Å². The summed E-state index contributed by atoms with van der Waals surface area (Å²) in [5.74, 6) is -0.181. The molecule has 5 nitrogen and oxygen atoms in total. The van der Waals surface area contributed by atoms with Crippen LogP contribution in [0.3, 0.4) is 0 Å². The van der Waals surface area contributed by atoms with Crippen LogP contribution >= 0.6 is 0 Å². The molecule has 0 spiro atoms. The van der Waals surface area contributed by atoms with E-state index in [-0.39, 0.29) is 35.7 Å². The molecule has 2 fully saturated rings. The van der Waals surface area contributed by atoms with Gasteiger partial charge in [0, 0.05) is 18.4 Å². The Labute approximate surface area is 207 Å². The largest absolute Gasteiger partial charge is 0.507 e. The van der Waals surface area contributed by atoms with Crippen LogP contribution in [0.5, 0.6) is 5.75 Å². The third kappa shape index (κ3) is 4.10. The van der Waals surface area contributed by atoms with Gasteiger partial charge in [-0.15, -0.1) is 0 Å². The van der Waals surface area contributed by atoms with Gasteiger partial charge in [0.1, 0.15) is 5.75 Å². The molecule has 35 heavy (non-hydrogen) atoms. The highest BCUT2D eigenvalue weighted by Crippen LogP contribution is 2.50. The minimum Gasteiger partial charge on any atom is -0.507 e. The Balaban J connectivity index is 1.40. The number of rotatable bonds is 7. The molecule has 2 aromatic carbocycles. The molecule has 0 aromatic heterocycles. The first-order valence-corrected chi connectivity index (χ1v) is 13.0. The van der Waals surface area contributed by atoms with Crippen molar-refractivity contribution < 1.29 is 19.4 Å². The molecular formula is C30H35NO4. The SMILES string of the molecule is CCC/C(=C\c1ccc(O)c2ccccc12)CC[C@H]1OC[C@H]2C1=C(CC)C[C@H]1C(=O)N(C)C(=O)[C@H]12. The van der Waals surface area contributed by atoms with Gasteiger partial charge in [0.15, 0.2) is 0 Å². The number of fused-ring (bicyclic) bond motifs is 4. The van der Waals surface area contributed by atoms with Crippen molar-refractivity contribution in [2.45, 2.75) is 58.5 Å². The molecule has 2 saturated heterocycles. The zero-order valence-corrected chi connectivity index (χ0v) is 20.9. The van der Waals surface area contributed by atoms with Crippen molar-refractivity contribution in [1.29, 1.82) is 0 Å². The summed E-state index contributed by atoms with van der Waals surface area (Å²) in [6.07, 6.45) is 7.75. The first-order valence-electron chi connectivity index (χ1n) is 13.0. The smallest absolute Gasteiger partial charge is 0.233 e. The van der Waals surface area contributed by atoms with E-state index in [1.54, 1.807) is 13.1 Å². The Morgan fingerprint density at radius 3 is 2.57 bits per heavy atom. The highest BCUT2D eigenvalue weighted by molar-refractivity contribution is 6.05. The number of aromatic hydroxyl groups is 1. The lowest BCUT2D eigenvalue weighted by Gasteiger charge is -2.31. The maximum Gasteiger partial charge on any atom is 0.233 e. The number of imide groups is 1. The monoisotopic (exact) mass is 473 g/mol. The van der Waals surface area contributed by atoms with Crippen LogP contribution in [0.1, 0.15) is 57.9 Å².